The highest BCUT2D eigenvalue weighted by molar-refractivity contribution is 5.50. The van der Waals surface area contributed by atoms with Gasteiger partial charge in [0.1, 0.15) is 18.0 Å². The van der Waals surface area contributed by atoms with Crippen LogP contribution in [0, 0.1) is 13.8 Å². The smallest absolute Gasteiger partial charge is 0.134 e. The zero-order valence-corrected chi connectivity index (χ0v) is 14.7. The molecule has 1 aliphatic heterocycles. The minimum absolute atomic E-state index is 0.157. The van der Waals surface area contributed by atoms with Gasteiger partial charge < -0.3 is 15.3 Å². The van der Waals surface area contributed by atoms with Crippen LogP contribution < -0.4 is 10.2 Å². The van der Waals surface area contributed by atoms with E-state index in [2.05, 4.69) is 32.2 Å². The molecule has 3 heterocycles. The molecule has 2 aromatic heterocycles. The van der Waals surface area contributed by atoms with Crippen molar-refractivity contribution in [2.75, 3.05) is 23.4 Å². The molecule has 2 aromatic rings. The van der Waals surface area contributed by atoms with Gasteiger partial charge in [-0.1, -0.05) is 0 Å². The number of nitrogens with one attached hydrogen (secondary N) is 1. The minimum Gasteiger partial charge on any atom is -0.394 e. The summed E-state index contributed by atoms with van der Waals surface area (Å²) in [4.78, 5) is 10.9. The van der Waals surface area contributed by atoms with E-state index in [1.54, 1.807) is 6.33 Å². The van der Waals surface area contributed by atoms with Crippen molar-refractivity contribution in [1.29, 1.82) is 0 Å². The topological polar surface area (TPSA) is 79.1 Å². The second kappa shape index (κ2) is 7.17. The van der Waals surface area contributed by atoms with Crippen molar-refractivity contribution in [1.82, 2.24) is 19.7 Å². The third-order valence-electron chi connectivity index (χ3n) is 4.89. The first-order valence-electron chi connectivity index (χ1n) is 8.52. The lowest BCUT2D eigenvalue weighted by Crippen LogP contribution is -2.42. The van der Waals surface area contributed by atoms with Gasteiger partial charge in [-0.25, -0.2) is 9.97 Å². The van der Waals surface area contributed by atoms with Crippen molar-refractivity contribution < 1.29 is 5.11 Å². The number of rotatable bonds is 5. The van der Waals surface area contributed by atoms with Gasteiger partial charge in [0.05, 0.1) is 18.3 Å². The van der Waals surface area contributed by atoms with Crippen LogP contribution in [0.25, 0.3) is 0 Å². The van der Waals surface area contributed by atoms with Crippen LogP contribution in [-0.4, -0.2) is 44.0 Å². The Hall–Kier alpha value is -2.15. The first-order chi connectivity index (χ1) is 11.6. The molecule has 7 nitrogen and oxygen atoms in total. The molecule has 0 bridgehead atoms. The Morgan fingerprint density at radius 3 is 2.83 bits per heavy atom. The number of piperidine rings is 1. The molecule has 3 rings (SSSR count). The second-order valence-electron chi connectivity index (χ2n) is 6.41. The average Bonchev–Trinajstić information content (AvgIpc) is 2.85. The molecule has 0 aromatic carbocycles. The van der Waals surface area contributed by atoms with Crippen LogP contribution >= 0.6 is 0 Å². The summed E-state index contributed by atoms with van der Waals surface area (Å²) >= 11 is 0. The zero-order chi connectivity index (χ0) is 17.1. The number of hydrogen-bond donors (Lipinski definition) is 2. The van der Waals surface area contributed by atoms with E-state index < -0.39 is 0 Å². The number of nitrogens with zero attached hydrogens (tertiary/aromatic N) is 5. The van der Waals surface area contributed by atoms with E-state index in [9.17, 15) is 5.11 Å². The van der Waals surface area contributed by atoms with Gasteiger partial charge in [0.2, 0.25) is 0 Å². The summed E-state index contributed by atoms with van der Waals surface area (Å²) in [6.07, 6.45) is 4.90. The maximum atomic E-state index is 9.60. The fourth-order valence-corrected chi connectivity index (χ4v) is 3.35. The highest BCUT2D eigenvalue weighted by Gasteiger charge is 2.23. The molecular weight excluding hydrogens is 304 g/mol. The number of hydrogen-bond acceptors (Lipinski definition) is 6. The lowest BCUT2D eigenvalue weighted by molar-refractivity contribution is 0.239. The Kier molecular flexibility index (Phi) is 4.99. The molecule has 24 heavy (non-hydrogen) atoms. The van der Waals surface area contributed by atoms with Gasteiger partial charge in [-0.05, 0) is 33.1 Å². The van der Waals surface area contributed by atoms with Crippen molar-refractivity contribution in [3.8, 4) is 0 Å². The van der Waals surface area contributed by atoms with E-state index >= 15 is 0 Å². The van der Waals surface area contributed by atoms with E-state index in [0.29, 0.717) is 6.54 Å². The van der Waals surface area contributed by atoms with Crippen LogP contribution in [-0.2, 0) is 13.6 Å². The predicted molar refractivity (Wildman–Crippen MR) is 94.1 cm³/mol. The molecule has 0 spiro atoms. The van der Waals surface area contributed by atoms with Gasteiger partial charge in [-0.2, -0.15) is 5.10 Å². The summed E-state index contributed by atoms with van der Waals surface area (Å²) in [5.41, 5.74) is 3.39. The molecular formula is C17H26N6O. The third kappa shape index (κ3) is 3.36. The number of anilines is 2. The first kappa shape index (κ1) is 16.7. The monoisotopic (exact) mass is 330 g/mol. The van der Waals surface area contributed by atoms with Crippen LogP contribution in [0.5, 0.6) is 0 Å². The Balaban J connectivity index is 1.73. The van der Waals surface area contributed by atoms with E-state index in [4.69, 9.17) is 0 Å². The molecule has 130 valence electrons. The van der Waals surface area contributed by atoms with Crippen molar-refractivity contribution in [3.63, 3.8) is 0 Å². The summed E-state index contributed by atoms with van der Waals surface area (Å²) in [7, 11) is 1.96. The highest BCUT2D eigenvalue weighted by Crippen LogP contribution is 2.24. The highest BCUT2D eigenvalue weighted by atomic mass is 16.3. The molecule has 7 heteroatoms. The molecule has 1 unspecified atom stereocenters. The van der Waals surface area contributed by atoms with Gasteiger partial charge in [0.25, 0.3) is 0 Å². The first-order valence-corrected chi connectivity index (χ1v) is 8.52. The summed E-state index contributed by atoms with van der Waals surface area (Å²) in [6, 6.07) is 2.12. The van der Waals surface area contributed by atoms with Crippen molar-refractivity contribution in [2.24, 2.45) is 7.05 Å². The molecule has 1 saturated heterocycles. The minimum atomic E-state index is 0.157. The molecule has 2 N–H and O–H groups in total. The average molecular weight is 330 g/mol. The maximum absolute atomic E-state index is 9.60. The standard InChI is InChI=1S/C17H26N6O/c1-12-15(13(2)22(3)21-12)9-18-16-8-17(20-11-19-16)23-7-5-4-6-14(23)10-24/h8,11,14,24H,4-7,9-10H2,1-3H3,(H,18,19,20). The van der Waals surface area contributed by atoms with Gasteiger partial charge in [-0.3, -0.25) is 4.68 Å². The zero-order valence-electron chi connectivity index (χ0n) is 14.7. The lowest BCUT2D eigenvalue weighted by Gasteiger charge is -2.35. The van der Waals surface area contributed by atoms with Crippen molar-refractivity contribution in [2.45, 2.75) is 45.7 Å². The number of aliphatic hydroxyl groups excluding tert-OH is 1. The fourth-order valence-electron chi connectivity index (χ4n) is 3.35. The Morgan fingerprint density at radius 2 is 2.12 bits per heavy atom. The van der Waals surface area contributed by atoms with Crippen molar-refractivity contribution in [3.05, 3.63) is 29.3 Å². The molecule has 1 atom stereocenters. The molecule has 1 fully saturated rings. The van der Waals surface area contributed by atoms with Crippen molar-refractivity contribution >= 4 is 11.6 Å². The van der Waals surface area contributed by atoms with Gasteiger partial charge in [0, 0.05) is 37.5 Å². The van der Waals surface area contributed by atoms with Gasteiger partial charge in [0.15, 0.2) is 0 Å². The van der Waals surface area contributed by atoms with Gasteiger partial charge in [-0.15, -0.1) is 0 Å². The van der Waals surface area contributed by atoms with Crippen LogP contribution in [0.4, 0.5) is 11.6 Å². The van der Waals surface area contributed by atoms with Gasteiger partial charge >= 0.3 is 0 Å². The normalized spacial score (nSPS) is 18.0. The largest absolute Gasteiger partial charge is 0.394 e. The van der Waals surface area contributed by atoms with Crippen LogP contribution in [0.15, 0.2) is 12.4 Å². The number of aromatic nitrogens is 4. The van der Waals surface area contributed by atoms with Crippen LogP contribution in [0.1, 0.15) is 36.2 Å². The SMILES string of the molecule is Cc1nn(C)c(C)c1CNc1cc(N2CCCCC2CO)ncn1. The third-order valence-corrected chi connectivity index (χ3v) is 4.89. The summed E-state index contributed by atoms with van der Waals surface area (Å²) in [5.74, 6) is 1.68. The maximum Gasteiger partial charge on any atom is 0.134 e. The quantitative estimate of drug-likeness (QED) is 0.870. The summed E-state index contributed by atoms with van der Waals surface area (Å²) in [6.45, 7) is 5.88. The molecule has 0 aliphatic carbocycles. The predicted octanol–water partition coefficient (Wildman–Crippen LogP) is 1.79. The van der Waals surface area contributed by atoms with E-state index in [1.807, 2.05) is 24.7 Å². The molecule has 0 saturated carbocycles. The van der Waals surface area contributed by atoms with E-state index in [0.717, 1.165) is 48.8 Å². The Labute approximate surface area is 142 Å². The van der Waals surface area contributed by atoms with Crippen LogP contribution in [0.3, 0.4) is 0 Å². The number of aliphatic hydroxyl groups is 1. The molecule has 1 aliphatic rings. The Morgan fingerprint density at radius 1 is 1.29 bits per heavy atom. The summed E-state index contributed by atoms with van der Waals surface area (Å²) < 4.78 is 1.90. The lowest BCUT2D eigenvalue weighted by atomic mass is 10.0. The van der Waals surface area contributed by atoms with E-state index in [1.165, 1.54) is 5.56 Å². The Bertz CT molecular complexity index is 698. The number of aryl methyl sites for hydroxylation is 2. The fraction of sp³-hybridized carbons (Fsp3) is 0.588. The second-order valence-corrected chi connectivity index (χ2v) is 6.41. The van der Waals surface area contributed by atoms with E-state index in [-0.39, 0.29) is 12.6 Å². The van der Waals surface area contributed by atoms with Crippen LogP contribution in [0.2, 0.25) is 0 Å². The molecule has 0 amide bonds. The molecule has 0 radical (unpaired) electrons. The summed E-state index contributed by atoms with van der Waals surface area (Å²) in [5, 5.41) is 17.4.